The van der Waals surface area contributed by atoms with E-state index in [0.717, 1.165) is 16.9 Å². The highest BCUT2D eigenvalue weighted by Crippen LogP contribution is 2.21. The molecule has 2 heterocycles. The Morgan fingerprint density at radius 3 is 2.38 bits per heavy atom. The molecule has 3 rings (SSSR count). The molecule has 0 unspecified atom stereocenters. The van der Waals surface area contributed by atoms with Crippen molar-refractivity contribution in [3.8, 4) is 5.69 Å². The van der Waals surface area contributed by atoms with Crippen LogP contribution >= 0.6 is 0 Å². The second-order valence-corrected chi connectivity index (χ2v) is 7.76. The first kappa shape index (κ1) is 17.9. The van der Waals surface area contributed by atoms with E-state index >= 15 is 0 Å². The van der Waals surface area contributed by atoms with Gasteiger partial charge < -0.3 is 4.57 Å². The lowest BCUT2D eigenvalue weighted by molar-refractivity contribution is 0.0981. The lowest BCUT2D eigenvalue weighted by atomic mass is 10.2. The van der Waals surface area contributed by atoms with Crippen LogP contribution in [-0.4, -0.2) is 23.9 Å². The van der Waals surface area contributed by atoms with Gasteiger partial charge in [0.25, 0.3) is 15.9 Å². The molecule has 0 aliphatic carbocycles. The number of rotatable bonds is 4. The van der Waals surface area contributed by atoms with Gasteiger partial charge in [-0.25, -0.2) is 13.1 Å². The molecule has 1 amide bonds. The molecular weight excluding hydrogens is 350 g/mol. The molecule has 7 heteroatoms. The molecule has 1 N–H and O–H groups in total. The molecule has 0 saturated heterocycles. The molecule has 0 saturated carbocycles. The third kappa shape index (κ3) is 3.39. The van der Waals surface area contributed by atoms with Crippen LogP contribution < -0.4 is 4.72 Å². The zero-order chi connectivity index (χ0) is 18.9. The van der Waals surface area contributed by atoms with Crippen molar-refractivity contribution in [2.75, 3.05) is 0 Å². The summed E-state index contributed by atoms with van der Waals surface area (Å²) in [5.41, 5.74) is 3.51. The standard InChI is InChI=1S/C19H19N3O3S/c1-13-6-8-17(9-7-13)26(24,25)21-19(23)18-11-14(2)22(15(18)3)16-5-4-10-20-12-16/h4-12H,1-3H3,(H,21,23). The minimum atomic E-state index is -3.93. The molecule has 0 aliphatic heterocycles. The van der Waals surface area contributed by atoms with Crippen LogP contribution in [0, 0.1) is 20.8 Å². The van der Waals surface area contributed by atoms with Crippen LogP contribution in [0.2, 0.25) is 0 Å². The van der Waals surface area contributed by atoms with E-state index in [4.69, 9.17) is 0 Å². The van der Waals surface area contributed by atoms with Crippen LogP contribution in [0.5, 0.6) is 0 Å². The highest BCUT2D eigenvalue weighted by molar-refractivity contribution is 7.90. The number of hydrogen-bond acceptors (Lipinski definition) is 4. The topological polar surface area (TPSA) is 81.1 Å². The lowest BCUT2D eigenvalue weighted by Gasteiger charge is -2.10. The maximum absolute atomic E-state index is 12.6. The highest BCUT2D eigenvalue weighted by Gasteiger charge is 2.22. The minimum Gasteiger partial charge on any atom is -0.316 e. The largest absolute Gasteiger partial charge is 0.316 e. The van der Waals surface area contributed by atoms with Crippen molar-refractivity contribution in [3.05, 3.63) is 77.4 Å². The van der Waals surface area contributed by atoms with Crippen LogP contribution in [-0.2, 0) is 10.0 Å². The molecule has 2 aromatic heterocycles. The molecule has 0 fully saturated rings. The van der Waals surface area contributed by atoms with E-state index in [9.17, 15) is 13.2 Å². The van der Waals surface area contributed by atoms with E-state index in [0.29, 0.717) is 11.3 Å². The summed E-state index contributed by atoms with van der Waals surface area (Å²) >= 11 is 0. The van der Waals surface area contributed by atoms with Crippen molar-refractivity contribution in [3.63, 3.8) is 0 Å². The molecule has 0 bridgehead atoms. The Morgan fingerprint density at radius 2 is 1.77 bits per heavy atom. The predicted molar refractivity (Wildman–Crippen MR) is 98.9 cm³/mol. The molecular formula is C19H19N3O3S. The van der Waals surface area contributed by atoms with E-state index in [1.807, 2.05) is 24.5 Å². The maximum Gasteiger partial charge on any atom is 0.266 e. The highest BCUT2D eigenvalue weighted by atomic mass is 32.2. The van der Waals surface area contributed by atoms with E-state index in [1.165, 1.54) is 12.1 Å². The summed E-state index contributed by atoms with van der Waals surface area (Å²) in [7, 11) is -3.93. The third-order valence-corrected chi connectivity index (χ3v) is 5.49. The van der Waals surface area contributed by atoms with E-state index in [2.05, 4.69) is 9.71 Å². The molecule has 0 atom stereocenters. The van der Waals surface area contributed by atoms with Gasteiger partial charge in [0.15, 0.2) is 0 Å². The summed E-state index contributed by atoms with van der Waals surface area (Å²) in [6, 6.07) is 11.7. The molecule has 3 aromatic rings. The van der Waals surface area contributed by atoms with Crippen molar-refractivity contribution in [1.82, 2.24) is 14.3 Å². The van der Waals surface area contributed by atoms with Gasteiger partial charge in [-0.2, -0.15) is 0 Å². The number of sulfonamides is 1. The second kappa shape index (κ2) is 6.76. The van der Waals surface area contributed by atoms with Crippen molar-refractivity contribution in [1.29, 1.82) is 0 Å². The fourth-order valence-corrected chi connectivity index (χ4v) is 3.80. The SMILES string of the molecule is Cc1ccc(S(=O)(=O)NC(=O)c2cc(C)n(-c3cccnc3)c2C)cc1. The fraction of sp³-hybridized carbons (Fsp3) is 0.158. The van der Waals surface area contributed by atoms with Gasteiger partial charge in [-0.1, -0.05) is 17.7 Å². The zero-order valence-electron chi connectivity index (χ0n) is 14.7. The molecule has 26 heavy (non-hydrogen) atoms. The molecule has 134 valence electrons. The van der Waals surface area contributed by atoms with E-state index in [1.54, 1.807) is 43.6 Å². The van der Waals surface area contributed by atoms with Gasteiger partial charge in [-0.15, -0.1) is 0 Å². The smallest absolute Gasteiger partial charge is 0.266 e. The van der Waals surface area contributed by atoms with Crippen LogP contribution in [0.1, 0.15) is 27.3 Å². The Kier molecular flexibility index (Phi) is 4.65. The van der Waals surface area contributed by atoms with Crippen LogP contribution in [0.25, 0.3) is 5.69 Å². The lowest BCUT2D eigenvalue weighted by Crippen LogP contribution is -2.30. The molecule has 1 aromatic carbocycles. The third-order valence-electron chi connectivity index (χ3n) is 4.14. The average Bonchev–Trinajstić information content (AvgIpc) is 2.90. The number of carbonyl (C=O) groups excluding carboxylic acids is 1. The monoisotopic (exact) mass is 369 g/mol. The number of aryl methyl sites for hydroxylation is 2. The van der Waals surface area contributed by atoms with Gasteiger partial charge in [0, 0.05) is 17.6 Å². The first-order valence-electron chi connectivity index (χ1n) is 8.03. The van der Waals surface area contributed by atoms with Gasteiger partial charge in [0.1, 0.15) is 0 Å². The Hall–Kier alpha value is -2.93. The number of pyridine rings is 1. The Balaban J connectivity index is 1.93. The Labute approximate surface area is 152 Å². The van der Waals surface area contributed by atoms with Gasteiger partial charge in [-0.05, 0) is 51.1 Å². The summed E-state index contributed by atoms with van der Waals surface area (Å²) in [5, 5.41) is 0. The second-order valence-electron chi connectivity index (χ2n) is 6.08. The number of nitrogens with one attached hydrogen (secondary N) is 1. The molecule has 0 radical (unpaired) electrons. The number of hydrogen-bond donors (Lipinski definition) is 1. The summed E-state index contributed by atoms with van der Waals surface area (Å²) in [6.45, 7) is 5.49. The molecule has 6 nitrogen and oxygen atoms in total. The number of nitrogens with zero attached hydrogens (tertiary/aromatic N) is 2. The molecule has 0 spiro atoms. The summed E-state index contributed by atoms with van der Waals surface area (Å²) in [5.74, 6) is -0.659. The minimum absolute atomic E-state index is 0.0533. The van der Waals surface area contributed by atoms with Crippen molar-refractivity contribution in [2.24, 2.45) is 0 Å². The van der Waals surface area contributed by atoms with E-state index in [-0.39, 0.29) is 4.90 Å². The van der Waals surface area contributed by atoms with Gasteiger partial charge in [0.2, 0.25) is 0 Å². The van der Waals surface area contributed by atoms with Crippen molar-refractivity contribution >= 4 is 15.9 Å². The summed E-state index contributed by atoms with van der Waals surface area (Å²) in [4.78, 5) is 16.7. The van der Waals surface area contributed by atoms with Gasteiger partial charge >= 0.3 is 0 Å². The van der Waals surface area contributed by atoms with Crippen LogP contribution in [0.3, 0.4) is 0 Å². The maximum atomic E-state index is 12.6. The predicted octanol–water partition coefficient (Wildman–Crippen LogP) is 2.92. The van der Waals surface area contributed by atoms with Crippen LogP contribution in [0.4, 0.5) is 0 Å². The van der Waals surface area contributed by atoms with Crippen molar-refractivity contribution in [2.45, 2.75) is 25.7 Å². The summed E-state index contributed by atoms with van der Waals surface area (Å²) in [6.07, 6.45) is 3.35. The number of benzene rings is 1. The quantitative estimate of drug-likeness (QED) is 0.767. The van der Waals surface area contributed by atoms with Gasteiger partial charge in [-0.3, -0.25) is 9.78 Å². The van der Waals surface area contributed by atoms with Gasteiger partial charge in [0.05, 0.1) is 22.3 Å². The average molecular weight is 369 g/mol. The van der Waals surface area contributed by atoms with Crippen molar-refractivity contribution < 1.29 is 13.2 Å². The first-order valence-corrected chi connectivity index (χ1v) is 9.51. The zero-order valence-corrected chi connectivity index (χ0v) is 15.5. The first-order chi connectivity index (χ1) is 12.3. The number of carbonyl (C=O) groups is 1. The normalized spacial score (nSPS) is 11.3. The Morgan fingerprint density at radius 1 is 1.08 bits per heavy atom. The molecule has 0 aliphatic rings. The fourth-order valence-electron chi connectivity index (χ4n) is 2.83. The summed E-state index contributed by atoms with van der Waals surface area (Å²) < 4.78 is 28.9. The van der Waals surface area contributed by atoms with Crippen LogP contribution in [0.15, 0.2) is 59.8 Å². The Bertz CT molecular complexity index is 1050. The van der Waals surface area contributed by atoms with E-state index < -0.39 is 15.9 Å². The number of aromatic nitrogens is 2. The number of amides is 1.